The van der Waals surface area contributed by atoms with Gasteiger partial charge in [-0.25, -0.2) is 0 Å². The van der Waals surface area contributed by atoms with Crippen molar-refractivity contribution in [3.05, 3.63) is 56.2 Å². The van der Waals surface area contributed by atoms with E-state index >= 15 is 0 Å². The van der Waals surface area contributed by atoms with Crippen molar-refractivity contribution in [3.63, 3.8) is 0 Å². The monoisotopic (exact) mass is 378 g/mol. The topological polar surface area (TPSA) is 84.0 Å². The molecule has 0 aliphatic rings. The van der Waals surface area contributed by atoms with E-state index in [0.29, 0.717) is 26.3 Å². The minimum absolute atomic E-state index is 0.274. The standard InChI is InChI=1S/C15H11ClN4O2S2/c1-8-19-20-15(24-8)18-13(21)9-4-5-10(16)11(7-9)17-14(22)12-3-2-6-23-12/h2-7H,1H3,(H,17,22)(H,18,20,21). The Labute approximate surface area is 150 Å². The highest BCUT2D eigenvalue weighted by molar-refractivity contribution is 7.15. The molecule has 0 saturated carbocycles. The van der Waals surface area contributed by atoms with Crippen LogP contribution >= 0.6 is 34.3 Å². The molecule has 0 atom stereocenters. The Morgan fingerprint density at radius 2 is 1.96 bits per heavy atom. The van der Waals surface area contributed by atoms with Crippen LogP contribution in [0.4, 0.5) is 10.8 Å². The van der Waals surface area contributed by atoms with Gasteiger partial charge < -0.3 is 5.32 Å². The van der Waals surface area contributed by atoms with Crippen LogP contribution in [0, 0.1) is 6.92 Å². The summed E-state index contributed by atoms with van der Waals surface area (Å²) in [6.07, 6.45) is 0. The number of anilines is 2. The van der Waals surface area contributed by atoms with Gasteiger partial charge >= 0.3 is 0 Å². The summed E-state index contributed by atoms with van der Waals surface area (Å²) < 4.78 is 0. The number of hydrogen-bond donors (Lipinski definition) is 2. The molecule has 2 N–H and O–H groups in total. The molecule has 3 aromatic rings. The van der Waals surface area contributed by atoms with Crippen LogP contribution in [0.2, 0.25) is 5.02 Å². The van der Waals surface area contributed by atoms with Crippen molar-refractivity contribution >= 4 is 56.9 Å². The van der Waals surface area contributed by atoms with E-state index in [9.17, 15) is 9.59 Å². The van der Waals surface area contributed by atoms with Crippen LogP contribution in [0.1, 0.15) is 25.0 Å². The summed E-state index contributed by atoms with van der Waals surface area (Å²) in [4.78, 5) is 25.0. The number of amides is 2. The summed E-state index contributed by atoms with van der Waals surface area (Å²) in [5.74, 6) is -0.626. The summed E-state index contributed by atoms with van der Waals surface area (Å²) in [5.41, 5.74) is 0.727. The predicted molar refractivity (Wildman–Crippen MR) is 96.3 cm³/mol. The molecule has 0 saturated heterocycles. The molecule has 3 rings (SSSR count). The van der Waals surface area contributed by atoms with E-state index in [4.69, 9.17) is 11.6 Å². The van der Waals surface area contributed by atoms with Crippen molar-refractivity contribution < 1.29 is 9.59 Å². The molecule has 6 nitrogen and oxygen atoms in total. The van der Waals surface area contributed by atoms with E-state index in [0.717, 1.165) is 5.01 Å². The van der Waals surface area contributed by atoms with Crippen molar-refractivity contribution in [2.45, 2.75) is 6.92 Å². The fourth-order valence-corrected chi connectivity index (χ4v) is 3.24. The molecule has 2 heterocycles. The lowest BCUT2D eigenvalue weighted by molar-refractivity contribution is 0.101. The molecule has 122 valence electrons. The van der Waals surface area contributed by atoms with Gasteiger partial charge in [0.2, 0.25) is 5.13 Å². The SMILES string of the molecule is Cc1nnc(NC(=O)c2ccc(Cl)c(NC(=O)c3cccs3)c2)s1. The van der Waals surface area contributed by atoms with Crippen molar-refractivity contribution in [1.82, 2.24) is 10.2 Å². The van der Waals surface area contributed by atoms with E-state index in [1.54, 1.807) is 31.2 Å². The van der Waals surface area contributed by atoms with E-state index in [-0.39, 0.29) is 11.8 Å². The summed E-state index contributed by atoms with van der Waals surface area (Å²) in [5, 5.41) is 16.4. The van der Waals surface area contributed by atoms with Crippen molar-refractivity contribution in [1.29, 1.82) is 0 Å². The van der Waals surface area contributed by atoms with E-state index < -0.39 is 0 Å². The number of rotatable bonds is 4. The molecular formula is C15H11ClN4O2S2. The van der Waals surface area contributed by atoms with Crippen LogP contribution in [0.15, 0.2) is 35.7 Å². The molecule has 24 heavy (non-hydrogen) atoms. The van der Waals surface area contributed by atoms with Crippen LogP contribution in [0.3, 0.4) is 0 Å². The van der Waals surface area contributed by atoms with E-state index in [1.807, 2.05) is 5.38 Å². The predicted octanol–water partition coefficient (Wildman–Crippen LogP) is 4.07. The lowest BCUT2D eigenvalue weighted by Crippen LogP contribution is -2.14. The van der Waals surface area contributed by atoms with Crippen LogP contribution in [0.5, 0.6) is 0 Å². The molecule has 0 aliphatic heterocycles. The summed E-state index contributed by atoms with van der Waals surface area (Å²) >= 11 is 8.71. The number of carbonyl (C=O) groups is 2. The lowest BCUT2D eigenvalue weighted by Gasteiger charge is -2.08. The van der Waals surface area contributed by atoms with Gasteiger partial charge in [-0.1, -0.05) is 29.0 Å². The van der Waals surface area contributed by atoms with Gasteiger partial charge in [0.1, 0.15) is 5.01 Å². The first-order chi connectivity index (χ1) is 11.5. The fraction of sp³-hybridized carbons (Fsp3) is 0.0667. The number of nitrogens with one attached hydrogen (secondary N) is 2. The lowest BCUT2D eigenvalue weighted by atomic mass is 10.2. The number of benzene rings is 1. The van der Waals surface area contributed by atoms with Gasteiger partial charge in [0.25, 0.3) is 11.8 Å². The zero-order chi connectivity index (χ0) is 17.1. The number of halogens is 1. The second kappa shape index (κ2) is 7.08. The Bertz CT molecular complexity index is 893. The van der Waals surface area contributed by atoms with E-state index in [2.05, 4.69) is 20.8 Å². The molecule has 2 aromatic heterocycles. The first-order valence-electron chi connectivity index (χ1n) is 6.79. The summed E-state index contributed by atoms with van der Waals surface area (Å²) in [6.45, 7) is 1.80. The Morgan fingerprint density at radius 3 is 2.62 bits per heavy atom. The Morgan fingerprint density at radius 1 is 1.12 bits per heavy atom. The van der Waals surface area contributed by atoms with Crippen LogP contribution in [-0.2, 0) is 0 Å². The van der Waals surface area contributed by atoms with Gasteiger partial charge in [0.05, 0.1) is 15.6 Å². The molecule has 0 aliphatic carbocycles. The van der Waals surface area contributed by atoms with Crippen LogP contribution < -0.4 is 10.6 Å². The van der Waals surface area contributed by atoms with Gasteiger partial charge in [-0.05, 0) is 36.6 Å². The zero-order valence-corrected chi connectivity index (χ0v) is 14.8. The number of hydrogen-bond acceptors (Lipinski definition) is 6. The van der Waals surface area contributed by atoms with Crippen LogP contribution in [0.25, 0.3) is 0 Å². The fourth-order valence-electron chi connectivity index (χ4n) is 1.87. The van der Waals surface area contributed by atoms with Gasteiger partial charge in [-0.2, -0.15) is 0 Å². The van der Waals surface area contributed by atoms with Gasteiger partial charge in [-0.3, -0.25) is 14.9 Å². The third-order valence-corrected chi connectivity index (χ3v) is 4.92. The average molecular weight is 379 g/mol. The smallest absolute Gasteiger partial charge is 0.265 e. The number of thiophene rings is 1. The van der Waals surface area contributed by atoms with Crippen molar-refractivity contribution in [2.75, 3.05) is 10.6 Å². The molecule has 0 spiro atoms. The maximum atomic E-state index is 12.3. The number of aryl methyl sites for hydroxylation is 1. The zero-order valence-electron chi connectivity index (χ0n) is 12.4. The Balaban J connectivity index is 1.78. The number of aromatic nitrogens is 2. The van der Waals surface area contributed by atoms with Gasteiger partial charge in [-0.15, -0.1) is 21.5 Å². The second-order valence-electron chi connectivity index (χ2n) is 4.71. The molecule has 2 amide bonds. The number of carbonyl (C=O) groups excluding carboxylic acids is 2. The first-order valence-corrected chi connectivity index (χ1v) is 8.86. The maximum absolute atomic E-state index is 12.3. The highest BCUT2D eigenvalue weighted by Gasteiger charge is 2.14. The molecule has 0 bridgehead atoms. The third kappa shape index (κ3) is 3.78. The third-order valence-electron chi connectivity index (χ3n) is 2.97. The van der Waals surface area contributed by atoms with E-state index in [1.165, 1.54) is 28.7 Å². The molecule has 9 heteroatoms. The summed E-state index contributed by atoms with van der Waals surface area (Å²) in [7, 11) is 0. The van der Waals surface area contributed by atoms with Crippen molar-refractivity contribution in [2.24, 2.45) is 0 Å². The minimum atomic E-state index is -0.352. The number of nitrogens with zero attached hydrogens (tertiary/aromatic N) is 2. The average Bonchev–Trinajstić information content (AvgIpc) is 3.21. The molecule has 0 fully saturated rings. The highest BCUT2D eigenvalue weighted by atomic mass is 35.5. The van der Waals surface area contributed by atoms with Gasteiger partial charge in [0.15, 0.2) is 0 Å². The quantitative estimate of drug-likeness (QED) is 0.716. The Hall–Kier alpha value is -2.29. The maximum Gasteiger partial charge on any atom is 0.265 e. The van der Waals surface area contributed by atoms with Crippen LogP contribution in [-0.4, -0.2) is 22.0 Å². The highest BCUT2D eigenvalue weighted by Crippen LogP contribution is 2.25. The minimum Gasteiger partial charge on any atom is -0.320 e. The second-order valence-corrected chi connectivity index (χ2v) is 7.24. The summed E-state index contributed by atoms with van der Waals surface area (Å²) in [6, 6.07) is 8.16. The van der Waals surface area contributed by atoms with Crippen molar-refractivity contribution in [3.8, 4) is 0 Å². The largest absolute Gasteiger partial charge is 0.320 e. The normalized spacial score (nSPS) is 10.4. The first kappa shape index (κ1) is 16.6. The Kier molecular flexibility index (Phi) is 4.89. The van der Waals surface area contributed by atoms with Gasteiger partial charge in [0, 0.05) is 5.56 Å². The molecule has 0 radical (unpaired) electrons. The molecule has 1 aromatic carbocycles. The molecular weight excluding hydrogens is 368 g/mol. The molecule has 0 unspecified atom stereocenters.